The van der Waals surface area contributed by atoms with Crippen LogP contribution in [0.5, 0.6) is 0 Å². The van der Waals surface area contributed by atoms with Crippen LogP contribution in [0.2, 0.25) is 0 Å². The number of anilines is 1. The third-order valence-corrected chi connectivity index (χ3v) is 7.02. The molecule has 166 valence electrons. The van der Waals surface area contributed by atoms with Crippen LogP contribution in [0.3, 0.4) is 0 Å². The zero-order valence-corrected chi connectivity index (χ0v) is 18.1. The molecule has 0 spiro atoms. The summed E-state index contributed by atoms with van der Waals surface area (Å²) < 4.78 is 9.39. The molecule has 2 fully saturated rings. The lowest BCUT2D eigenvalue weighted by Gasteiger charge is -2.42. The van der Waals surface area contributed by atoms with Gasteiger partial charge in [-0.25, -0.2) is 9.97 Å². The van der Waals surface area contributed by atoms with Crippen LogP contribution in [0.4, 0.5) is 5.82 Å². The highest BCUT2D eigenvalue weighted by atomic mass is 16.5. The van der Waals surface area contributed by atoms with Gasteiger partial charge in [0, 0.05) is 75.3 Å². The van der Waals surface area contributed by atoms with Crippen LogP contribution in [0.15, 0.2) is 35.5 Å². The molecule has 3 aliphatic rings. The molecule has 3 aliphatic heterocycles. The topological polar surface area (TPSA) is 85.0 Å². The van der Waals surface area contributed by atoms with Crippen molar-refractivity contribution in [3.05, 3.63) is 46.8 Å². The van der Waals surface area contributed by atoms with Crippen molar-refractivity contribution in [2.24, 2.45) is 5.92 Å². The fraction of sp³-hybridized carbons (Fsp3) is 0.478. The molecule has 2 saturated heterocycles. The van der Waals surface area contributed by atoms with E-state index in [4.69, 9.17) is 4.74 Å². The number of amides is 1. The van der Waals surface area contributed by atoms with Gasteiger partial charge in [0.15, 0.2) is 11.5 Å². The highest BCUT2D eigenvalue weighted by Crippen LogP contribution is 2.37. The molecule has 3 aromatic heterocycles. The van der Waals surface area contributed by atoms with Gasteiger partial charge in [-0.05, 0) is 18.4 Å². The van der Waals surface area contributed by atoms with Gasteiger partial charge in [-0.3, -0.25) is 14.0 Å². The van der Waals surface area contributed by atoms with Crippen LogP contribution < -0.4 is 10.5 Å². The Morgan fingerprint density at radius 3 is 2.78 bits per heavy atom. The fourth-order valence-corrected chi connectivity index (χ4v) is 5.48. The number of imidazole rings is 1. The summed E-state index contributed by atoms with van der Waals surface area (Å²) in [5, 5.41) is 0. The van der Waals surface area contributed by atoms with Gasteiger partial charge in [0.1, 0.15) is 0 Å². The number of pyridine rings is 1. The maximum atomic E-state index is 13.1. The van der Waals surface area contributed by atoms with E-state index in [1.807, 2.05) is 26.3 Å². The molecular formula is C23H26N6O3. The largest absolute Gasteiger partial charge is 0.378 e. The summed E-state index contributed by atoms with van der Waals surface area (Å²) in [6, 6.07) is 3.83. The number of hydrogen-bond acceptors (Lipinski definition) is 6. The number of nitrogens with zero attached hydrogens (tertiary/aromatic N) is 6. The lowest BCUT2D eigenvalue weighted by atomic mass is 9.82. The summed E-state index contributed by atoms with van der Waals surface area (Å²) in [7, 11) is 0. The molecule has 9 heteroatoms. The Morgan fingerprint density at radius 1 is 1.12 bits per heavy atom. The van der Waals surface area contributed by atoms with E-state index in [1.54, 1.807) is 19.2 Å². The Labute approximate surface area is 185 Å². The average molecular weight is 435 g/mol. The summed E-state index contributed by atoms with van der Waals surface area (Å²) in [6.45, 7) is 6.64. The molecule has 32 heavy (non-hydrogen) atoms. The molecule has 0 saturated carbocycles. The second-order valence-corrected chi connectivity index (χ2v) is 9.03. The number of morpholine rings is 1. The molecule has 3 aromatic rings. The van der Waals surface area contributed by atoms with Gasteiger partial charge >= 0.3 is 0 Å². The van der Waals surface area contributed by atoms with Crippen molar-refractivity contribution in [2.75, 3.05) is 44.3 Å². The zero-order chi connectivity index (χ0) is 21.8. The molecule has 0 aromatic carbocycles. The number of carbonyl (C=O) groups excluding carboxylic acids is 1. The minimum absolute atomic E-state index is 0.0147. The van der Waals surface area contributed by atoms with Gasteiger partial charge in [-0.2, -0.15) is 0 Å². The predicted octanol–water partition coefficient (Wildman–Crippen LogP) is 1.36. The molecule has 0 N–H and O–H groups in total. The summed E-state index contributed by atoms with van der Waals surface area (Å²) in [6.07, 6.45) is 6.52. The van der Waals surface area contributed by atoms with Crippen LogP contribution in [-0.4, -0.2) is 69.1 Å². The molecule has 1 amide bonds. The summed E-state index contributed by atoms with van der Waals surface area (Å²) in [4.78, 5) is 38.5. The Kier molecular flexibility index (Phi) is 4.53. The van der Waals surface area contributed by atoms with E-state index < -0.39 is 0 Å². The van der Waals surface area contributed by atoms with Crippen LogP contribution in [0.1, 0.15) is 25.0 Å². The van der Waals surface area contributed by atoms with Crippen LogP contribution in [0, 0.1) is 5.92 Å². The van der Waals surface area contributed by atoms with E-state index in [-0.39, 0.29) is 17.4 Å². The van der Waals surface area contributed by atoms with Gasteiger partial charge in [0.25, 0.3) is 5.56 Å². The molecule has 2 bridgehead atoms. The second-order valence-electron chi connectivity index (χ2n) is 9.03. The quantitative estimate of drug-likeness (QED) is 0.606. The molecular weight excluding hydrogens is 408 g/mol. The van der Waals surface area contributed by atoms with E-state index >= 15 is 0 Å². The van der Waals surface area contributed by atoms with Crippen molar-refractivity contribution in [3.63, 3.8) is 0 Å². The normalized spacial score (nSPS) is 22.8. The van der Waals surface area contributed by atoms with Gasteiger partial charge < -0.3 is 19.1 Å². The fourth-order valence-electron chi connectivity index (χ4n) is 5.48. The Bertz CT molecular complexity index is 1260. The first-order valence-electron chi connectivity index (χ1n) is 11.2. The van der Waals surface area contributed by atoms with Gasteiger partial charge in [-0.1, -0.05) is 0 Å². The van der Waals surface area contributed by atoms with E-state index in [0.29, 0.717) is 32.2 Å². The second kappa shape index (κ2) is 7.44. The minimum Gasteiger partial charge on any atom is -0.378 e. The maximum absolute atomic E-state index is 13.1. The van der Waals surface area contributed by atoms with Gasteiger partial charge in [0.2, 0.25) is 5.91 Å². The van der Waals surface area contributed by atoms with E-state index in [0.717, 1.165) is 54.5 Å². The highest BCUT2D eigenvalue weighted by Gasteiger charge is 2.36. The van der Waals surface area contributed by atoms with Crippen molar-refractivity contribution in [1.29, 1.82) is 0 Å². The van der Waals surface area contributed by atoms with Crippen molar-refractivity contribution < 1.29 is 9.53 Å². The standard InChI is InChI=1S/C23H26N6O3/c1-15(30)27-12-16-8-18(14-27)19-9-17(10-21(31)29(19)13-16)20-11-25-23-22(24-2-3-28(20)23)26-4-6-32-7-5-26/h2-3,9-11,16,18H,4-8,12-14H2,1H3/t16-,18+/m0/s1. The number of carbonyl (C=O) groups is 1. The summed E-state index contributed by atoms with van der Waals surface area (Å²) in [5.41, 5.74) is 3.54. The Morgan fingerprint density at radius 2 is 1.97 bits per heavy atom. The Hall–Kier alpha value is -3.20. The number of rotatable bonds is 2. The Balaban J connectivity index is 1.42. The maximum Gasteiger partial charge on any atom is 0.251 e. The molecule has 6 rings (SSSR count). The highest BCUT2D eigenvalue weighted by molar-refractivity contribution is 5.74. The number of likely N-dealkylation sites (tertiary alicyclic amines) is 1. The number of piperidine rings is 1. The number of hydrogen-bond donors (Lipinski definition) is 0. The van der Waals surface area contributed by atoms with Crippen molar-refractivity contribution in [1.82, 2.24) is 23.8 Å². The SMILES string of the molecule is CC(=O)N1C[C@@H]2C[C@H](C1)c1cc(-c3cnc4c(N5CCOCC5)nccn34)cc(=O)n1C2. The lowest BCUT2D eigenvalue weighted by Crippen LogP contribution is -2.48. The van der Waals surface area contributed by atoms with Crippen molar-refractivity contribution in [3.8, 4) is 11.3 Å². The average Bonchev–Trinajstić information content (AvgIpc) is 3.24. The van der Waals surface area contributed by atoms with Gasteiger partial charge in [0.05, 0.1) is 25.1 Å². The third-order valence-electron chi connectivity index (χ3n) is 7.02. The van der Waals surface area contributed by atoms with E-state index in [1.165, 1.54) is 0 Å². The third kappa shape index (κ3) is 3.10. The van der Waals surface area contributed by atoms with E-state index in [9.17, 15) is 9.59 Å². The van der Waals surface area contributed by atoms with Crippen LogP contribution >= 0.6 is 0 Å². The molecule has 0 unspecified atom stereocenters. The van der Waals surface area contributed by atoms with Crippen LogP contribution in [0.25, 0.3) is 16.9 Å². The first-order valence-corrected chi connectivity index (χ1v) is 11.2. The smallest absolute Gasteiger partial charge is 0.251 e. The monoisotopic (exact) mass is 434 g/mol. The lowest BCUT2D eigenvalue weighted by molar-refractivity contribution is -0.131. The molecule has 2 atom stereocenters. The van der Waals surface area contributed by atoms with Crippen LogP contribution in [-0.2, 0) is 16.1 Å². The first-order chi connectivity index (χ1) is 15.6. The number of aromatic nitrogens is 4. The number of fused-ring (bicyclic) bond motifs is 5. The molecule has 6 heterocycles. The van der Waals surface area contributed by atoms with E-state index in [2.05, 4.69) is 20.9 Å². The summed E-state index contributed by atoms with van der Waals surface area (Å²) >= 11 is 0. The summed E-state index contributed by atoms with van der Waals surface area (Å²) in [5.74, 6) is 1.47. The number of ether oxygens (including phenoxy) is 1. The molecule has 0 aliphatic carbocycles. The van der Waals surface area contributed by atoms with Gasteiger partial charge in [-0.15, -0.1) is 0 Å². The first kappa shape index (κ1) is 19.5. The minimum atomic E-state index is 0.0147. The van der Waals surface area contributed by atoms with Crippen molar-refractivity contribution >= 4 is 17.4 Å². The van der Waals surface area contributed by atoms with Crippen molar-refractivity contribution in [2.45, 2.75) is 25.8 Å². The zero-order valence-electron chi connectivity index (χ0n) is 18.1. The molecule has 9 nitrogen and oxygen atoms in total. The molecule has 0 radical (unpaired) electrons. The predicted molar refractivity (Wildman–Crippen MR) is 119 cm³/mol.